The number of methoxy groups -OCH3 is 1. The zero-order chi connectivity index (χ0) is 14.5. The van der Waals surface area contributed by atoms with E-state index in [9.17, 15) is 4.79 Å². The number of nitrogen functional groups attached to an aromatic ring is 1. The molecule has 0 saturated carbocycles. The highest BCUT2D eigenvalue weighted by molar-refractivity contribution is 7.99. The van der Waals surface area contributed by atoms with Crippen LogP contribution in [0, 0.1) is 11.3 Å². The molecule has 0 aliphatic carbocycles. The normalized spacial score (nSPS) is 9.80. The lowest BCUT2D eigenvalue weighted by atomic mass is 10.2. The minimum atomic E-state index is -0.423. The zero-order valence-electron chi connectivity index (χ0n) is 10.8. The van der Waals surface area contributed by atoms with E-state index in [1.165, 1.54) is 18.9 Å². The number of nitrogens with two attached hydrogens (primary N) is 1. The highest BCUT2D eigenvalue weighted by Gasteiger charge is 2.13. The van der Waals surface area contributed by atoms with E-state index in [0.29, 0.717) is 16.8 Å². The summed E-state index contributed by atoms with van der Waals surface area (Å²) in [5, 5.41) is 8.77. The van der Waals surface area contributed by atoms with Crippen LogP contribution >= 0.6 is 11.8 Å². The predicted octanol–water partition coefficient (Wildman–Crippen LogP) is 3.08. The number of nitrogens with zero attached hydrogens (tertiary/aromatic N) is 1. The summed E-state index contributed by atoms with van der Waals surface area (Å²) in [7, 11) is 1.34. The molecular weight excluding hydrogens is 272 g/mol. The standard InChI is InChI=1S/C15H12N2O2S/c1-19-15(18)13-8-11(17)4-7-14(13)20-12-5-2-10(9-16)3-6-12/h2-8H,17H2,1H3. The number of hydrogen-bond donors (Lipinski definition) is 1. The molecule has 20 heavy (non-hydrogen) atoms. The Morgan fingerprint density at radius 2 is 1.95 bits per heavy atom. The van der Waals surface area contributed by atoms with E-state index < -0.39 is 5.97 Å². The van der Waals surface area contributed by atoms with Crippen LogP contribution in [0.1, 0.15) is 15.9 Å². The average Bonchev–Trinajstić information content (AvgIpc) is 2.49. The van der Waals surface area contributed by atoms with Gasteiger partial charge in [-0.3, -0.25) is 0 Å². The Hall–Kier alpha value is -2.45. The fraction of sp³-hybridized carbons (Fsp3) is 0.0667. The van der Waals surface area contributed by atoms with Gasteiger partial charge in [0.15, 0.2) is 0 Å². The number of benzene rings is 2. The van der Waals surface area contributed by atoms with Gasteiger partial charge in [-0.15, -0.1) is 0 Å². The van der Waals surface area contributed by atoms with E-state index in [-0.39, 0.29) is 0 Å². The molecule has 0 fully saturated rings. The van der Waals surface area contributed by atoms with Gasteiger partial charge in [-0.1, -0.05) is 11.8 Å². The van der Waals surface area contributed by atoms with E-state index in [2.05, 4.69) is 6.07 Å². The van der Waals surface area contributed by atoms with Crippen molar-refractivity contribution in [2.75, 3.05) is 12.8 Å². The van der Waals surface area contributed by atoms with Crippen LogP contribution in [0.25, 0.3) is 0 Å². The van der Waals surface area contributed by atoms with Crippen molar-refractivity contribution in [2.45, 2.75) is 9.79 Å². The Labute approximate surface area is 121 Å². The molecule has 0 aromatic heterocycles. The Morgan fingerprint density at radius 3 is 2.55 bits per heavy atom. The third kappa shape index (κ3) is 3.11. The second kappa shape index (κ2) is 6.13. The molecule has 2 N–H and O–H groups in total. The van der Waals surface area contributed by atoms with Crippen molar-refractivity contribution in [3.63, 3.8) is 0 Å². The van der Waals surface area contributed by atoms with Crippen molar-refractivity contribution < 1.29 is 9.53 Å². The topological polar surface area (TPSA) is 76.1 Å². The maximum Gasteiger partial charge on any atom is 0.339 e. The van der Waals surface area contributed by atoms with E-state index in [4.69, 9.17) is 15.7 Å². The molecule has 4 nitrogen and oxygen atoms in total. The van der Waals surface area contributed by atoms with Gasteiger partial charge in [0.25, 0.3) is 0 Å². The van der Waals surface area contributed by atoms with Gasteiger partial charge >= 0.3 is 5.97 Å². The lowest BCUT2D eigenvalue weighted by Crippen LogP contribution is -2.04. The number of rotatable bonds is 3. The van der Waals surface area contributed by atoms with Crippen LogP contribution in [0.4, 0.5) is 5.69 Å². The molecule has 0 spiro atoms. The number of carbonyl (C=O) groups is 1. The first-order valence-electron chi connectivity index (χ1n) is 5.80. The van der Waals surface area contributed by atoms with Crippen LogP contribution in [0.5, 0.6) is 0 Å². The molecule has 5 heteroatoms. The number of ether oxygens (including phenoxy) is 1. The van der Waals surface area contributed by atoms with Gasteiger partial charge in [-0.05, 0) is 42.5 Å². The Balaban J connectivity index is 2.32. The molecular formula is C15H12N2O2S. The zero-order valence-corrected chi connectivity index (χ0v) is 11.6. The van der Waals surface area contributed by atoms with E-state index >= 15 is 0 Å². The molecule has 0 saturated heterocycles. The highest BCUT2D eigenvalue weighted by atomic mass is 32.2. The number of nitriles is 1. The van der Waals surface area contributed by atoms with Crippen LogP contribution in [0.2, 0.25) is 0 Å². The predicted molar refractivity (Wildman–Crippen MR) is 77.5 cm³/mol. The largest absolute Gasteiger partial charge is 0.465 e. The molecule has 0 bridgehead atoms. The highest BCUT2D eigenvalue weighted by Crippen LogP contribution is 2.32. The molecule has 2 aromatic carbocycles. The number of carbonyl (C=O) groups excluding carboxylic acids is 1. The molecule has 2 aromatic rings. The molecule has 2 rings (SSSR count). The summed E-state index contributed by atoms with van der Waals surface area (Å²) >= 11 is 1.42. The summed E-state index contributed by atoms with van der Waals surface area (Å²) in [6.45, 7) is 0. The Bertz CT molecular complexity index is 675. The molecule has 0 aliphatic heterocycles. The second-order valence-corrected chi connectivity index (χ2v) is 5.10. The average molecular weight is 284 g/mol. The van der Waals surface area contributed by atoms with Crippen molar-refractivity contribution in [1.29, 1.82) is 5.26 Å². The maximum absolute atomic E-state index is 11.7. The van der Waals surface area contributed by atoms with Crippen LogP contribution in [-0.2, 0) is 4.74 Å². The molecule has 0 unspecified atom stereocenters. The number of hydrogen-bond acceptors (Lipinski definition) is 5. The Morgan fingerprint density at radius 1 is 1.25 bits per heavy atom. The monoisotopic (exact) mass is 284 g/mol. The van der Waals surface area contributed by atoms with E-state index in [1.807, 2.05) is 12.1 Å². The summed E-state index contributed by atoms with van der Waals surface area (Å²) in [5.41, 5.74) is 7.24. The summed E-state index contributed by atoms with van der Waals surface area (Å²) in [4.78, 5) is 13.4. The van der Waals surface area contributed by atoms with Gasteiger partial charge in [0.05, 0.1) is 24.3 Å². The van der Waals surface area contributed by atoms with Gasteiger partial charge in [-0.2, -0.15) is 5.26 Å². The first-order valence-corrected chi connectivity index (χ1v) is 6.61. The van der Waals surface area contributed by atoms with Crippen LogP contribution in [0.3, 0.4) is 0 Å². The molecule has 0 atom stereocenters. The minimum Gasteiger partial charge on any atom is -0.465 e. The van der Waals surface area contributed by atoms with Crippen LogP contribution in [-0.4, -0.2) is 13.1 Å². The molecule has 100 valence electrons. The van der Waals surface area contributed by atoms with E-state index in [0.717, 1.165) is 9.79 Å². The molecule has 0 aliphatic rings. The van der Waals surface area contributed by atoms with Gasteiger partial charge < -0.3 is 10.5 Å². The van der Waals surface area contributed by atoms with Crippen molar-refractivity contribution >= 4 is 23.4 Å². The third-order valence-electron chi connectivity index (χ3n) is 2.62. The summed E-state index contributed by atoms with van der Waals surface area (Å²) in [6, 6.07) is 14.3. The first-order chi connectivity index (χ1) is 9.63. The number of esters is 1. The van der Waals surface area contributed by atoms with Crippen LogP contribution < -0.4 is 5.73 Å². The molecule has 0 amide bonds. The van der Waals surface area contributed by atoms with Crippen molar-refractivity contribution in [3.8, 4) is 6.07 Å². The fourth-order valence-electron chi connectivity index (χ4n) is 1.63. The minimum absolute atomic E-state index is 0.423. The SMILES string of the molecule is COC(=O)c1cc(N)ccc1Sc1ccc(C#N)cc1. The quantitative estimate of drug-likeness (QED) is 0.692. The van der Waals surface area contributed by atoms with Gasteiger partial charge in [0.2, 0.25) is 0 Å². The first kappa shape index (κ1) is 14.0. The van der Waals surface area contributed by atoms with Crippen molar-refractivity contribution in [1.82, 2.24) is 0 Å². The third-order valence-corrected chi connectivity index (χ3v) is 3.70. The second-order valence-electron chi connectivity index (χ2n) is 3.99. The smallest absolute Gasteiger partial charge is 0.339 e. The number of anilines is 1. The molecule has 0 radical (unpaired) electrons. The van der Waals surface area contributed by atoms with E-state index in [1.54, 1.807) is 30.3 Å². The summed E-state index contributed by atoms with van der Waals surface area (Å²) < 4.78 is 4.76. The van der Waals surface area contributed by atoms with Crippen molar-refractivity contribution in [2.24, 2.45) is 0 Å². The summed E-state index contributed by atoms with van der Waals surface area (Å²) in [5.74, 6) is -0.423. The van der Waals surface area contributed by atoms with Crippen LogP contribution in [0.15, 0.2) is 52.3 Å². The molecule has 0 heterocycles. The summed E-state index contributed by atoms with van der Waals surface area (Å²) in [6.07, 6.45) is 0. The lowest BCUT2D eigenvalue weighted by Gasteiger charge is -2.08. The Kier molecular flexibility index (Phi) is 4.28. The van der Waals surface area contributed by atoms with Gasteiger partial charge in [0, 0.05) is 15.5 Å². The van der Waals surface area contributed by atoms with Crippen molar-refractivity contribution in [3.05, 3.63) is 53.6 Å². The van der Waals surface area contributed by atoms with Gasteiger partial charge in [-0.25, -0.2) is 4.79 Å². The van der Waals surface area contributed by atoms with Gasteiger partial charge in [0.1, 0.15) is 0 Å². The fourth-order valence-corrected chi connectivity index (χ4v) is 2.54. The lowest BCUT2D eigenvalue weighted by molar-refractivity contribution is 0.0597. The maximum atomic E-state index is 11.7.